The highest BCUT2D eigenvalue weighted by molar-refractivity contribution is 7.80. The number of para-hydroxylation sites is 2. The van der Waals surface area contributed by atoms with Crippen molar-refractivity contribution in [2.24, 2.45) is 0 Å². The van der Waals surface area contributed by atoms with E-state index in [2.05, 4.69) is 0 Å². The minimum atomic E-state index is -1.25. The van der Waals surface area contributed by atoms with Crippen LogP contribution in [0, 0.1) is 11.6 Å². The third-order valence-electron chi connectivity index (χ3n) is 3.56. The van der Waals surface area contributed by atoms with E-state index in [9.17, 15) is 8.78 Å². The van der Waals surface area contributed by atoms with Crippen molar-refractivity contribution in [3.05, 3.63) is 78.4 Å². The van der Waals surface area contributed by atoms with Crippen molar-refractivity contribution in [1.82, 2.24) is 0 Å². The van der Waals surface area contributed by atoms with E-state index in [0.717, 1.165) is 5.30 Å². The van der Waals surface area contributed by atoms with E-state index >= 15 is 0 Å². The van der Waals surface area contributed by atoms with Crippen molar-refractivity contribution in [1.29, 1.82) is 0 Å². The van der Waals surface area contributed by atoms with Gasteiger partial charge in [0.05, 0.1) is 11.4 Å². The molecular weight excluding hydrogens is 313 g/mol. The summed E-state index contributed by atoms with van der Waals surface area (Å²) >= 11 is 0. The first kappa shape index (κ1) is 15.4. The van der Waals surface area contributed by atoms with Crippen molar-refractivity contribution >= 4 is 35.2 Å². The minimum absolute atomic E-state index is 0.0751. The highest BCUT2D eigenvalue weighted by atomic mass is 31.1. The maximum atomic E-state index is 13.9. The lowest BCUT2D eigenvalue weighted by Gasteiger charge is -2.22. The second-order valence-corrected chi connectivity index (χ2v) is 7.17. The number of halogens is 2. The number of benzene rings is 3. The lowest BCUT2D eigenvalue weighted by molar-refractivity contribution is 0.633. The van der Waals surface area contributed by atoms with Crippen molar-refractivity contribution in [2.75, 3.05) is 11.5 Å². The zero-order chi connectivity index (χ0) is 16.4. The fourth-order valence-electron chi connectivity index (χ4n) is 2.43. The highest BCUT2D eigenvalue weighted by Gasteiger charge is 2.23. The van der Waals surface area contributed by atoms with Gasteiger partial charge in [-0.2, -0.15) is 0 Å². The lowest BCUT2D eigenvalue weighted by atomic mass is 10.3. The Morgan fingerprint density at radius 3 is 1.57 bits per heavy atom. The topological polar surface area (TPSA) is 52.0 Å². The quantitative estimate of drug-likeness (QED) is 0.574. The van der Waals surface area contributed by atoms with Crippen LogP contribution in [0.3, 0.4) is 0 Å². The summed E-state index contributed by atoms with van der Waals surface area (Å²) in [6.45, 7) is 0. The number of nitrogen functional groups attached to an aromatic ring is 2. The molecule has 0 saturated carbocycles. The van der Waals surface area contributed by atoms with Crippen LogP contribution in [0.15, 0.2) is 66.7 Å². The summed E-state index contributed by atoms with van der Waals surface area (Å²) in [5.41, 5.74) is 12.1. The Morgan fingerprint density at radius 2 is 1.09 bits per heavy atom. The van der Waals surface area contributed by atoms with Gasteiger partial charge in [0.1, 0.15) is 11.6 Å². The Bertz CT molecular complexity index is 786. The molecule has 4 N–H and O–H groups in total. The van der Waals surface area contributed by atoms with Gasteiger partial charge in [-0.15, -0.1) is 0 Å². The van der Waals surface area contributed by atoms with Crippen LogP contribution in [0.4, 0.5) is 20.2 Å². The van der Waals surface area contributed by atoms with Crippen LogP contribution in [0.5, 0.6) is 0 Å². The average Bonchev–Trinajstić information content (AvgIpc) is 2.56. The third-order valence-corrected chi connectivity index (χ3v) is 6.11. The second-order valence-electron chi connectivity index (χ2n) is 5.02. The molecular formula is C18H15F2N2P. The summed E-state index contributed by atoms with van der Waals surface area (Å²) in [5.74, 6) is -0.971. The summed E-state index contributed by atoms with van der Waals surface area (Å²) in [5, 5.41) is 2.18. The van der Waals surface area contributed by atoms with E-state index in [-0.39, 0.29) is 11.4 Å². The molecule has 0 spiro atoms. The molecule has 0 unspecified atom stereocenters. The smallest absolute Gasteiger partial charge is 0.146 e. The first-order valence-electron chi connectivity index (χ1n) is 7.02. The fourth-order valence-corrected chi connectivity index (χ4v) is 4.88. The molecule has 2 nitrogen and oxygen atoms in total. The molecule has 0 fully saturated rings. The minimum Gasteiger partial charge on any atom is -0.396 e. The molecule has 0 amide bonds. The van der Waals surface area contributed by atoms with Crippen molar-refractivity contribution < 1.29 is 8.78 Å². The molecule has 0 heterocycles. The maximum Gasteiger partial charge on any atom is 0.146 e. The predicted molar refractivity (Wildman–Crippen MR) is 93.9 cm³/mol. The molecule has 0 atom stereocenters. The Kier molecular flexibility index (Phi) is 4.26. The second kappa shape index (κ2) is 6.35. The summed E-state index contributed by atoms with van der Waals surface area (Å²) in [6, 6.07) is 18.9. The van der Waals surface area contributed by atoms with E-state index in [0.29, 0.717) is 10.6 Å². The standard InChI is InChI=1S/C18H15F2N2P/c19-13-8-4-10-15(17(13)21)23(12-6-2-1-3-7-12)16-11-5-9-14(20)18(16)22/h1-11H,21-22H2. The van der Waals surface area contributed by atoms with Gasteiger partial charge >= 0.3 is 0 Å². The molecule has 0 bridgehead atoms. The van der Waals surface area contributed by atoms with Gasteiger partial charge < -0.3 is 11.5 Å². The van der Waals surface area contributed by atoms with Crippen LogP contribution >= 0.6 is 7.92 Å². The number of rotatable bonds is 3. The molecule has 3 aromatic carbocycles. The first-order valence-corrected chi connectivity index (χ1v) is 8.37. The zero-order valence-corrected chi connectivity index (χ0v) is 13.1. The largest absolute Gasteiger partial charge is 0.396 e. The van der Waals surface area contributed by atoms with Crippen LogP contribution in [0.25, 0.3) is 0 Å². The van der Waals surface area contributed by atoms with E-state index in [4.69, 9.17) is 11.5 Å². The van der Waals surface area contributed by atoms with Crippen molar-refractivity contribution in [2.45, 2.75) is 0 Å². The van der Waals surface area contributed by atoms with Gasteiger partial charge in [-0.1, -0.05) is 54.6 Å². The molecule has 0 saturated heterocycles. The third kappa shape index (κ3) is 2.90. The molecule has 0 aliphatic carbocycles. The van der Waals surface area contributed by atoms with Gasteiger partial charge in [-0.3, -0.25) is 0 Å². The SMILES string of the molecule is Nc1c(F)cccc1P(c1ccccc1)c1cccc(F)c1N. The van der Waals surface area contributed by atoms with Crippen LogP contribution in [0.2, 0.25) is 0 Å². The fraction of sp³-hybridized carbons (Fsp3) is 0. The Hall–Kier alpha value is -2.45. The number of anilines is 2. The molecule has 0 aromatic heterocycles. The van der Waals surface area contributed by atoms with Gasteiger partial charge in [-0.25, -0.2) is 8.78 Å². The monoisotopic (exact) mass is 328 g/mol. The Morgan fingerprint density at radius 1 is 0.609 bits per heavy atom. The summed E-state index contributed by atoms with van der Waals surface area (Å²) in [4.78, 5) is 0. The first-order chi connectivity index (χ1) is 11.1. The van der Waals surface area contributed by atoms with Gasteiger partial charge in [0.25, 0.3) is 0 Å². The molecule has 3 aromatic rings. The number of hydrogen-bond acceptors (Lipinski definition) is 2. The van der Waals surface area contributed by atoms with Gasteiger partial charge in [0.15, 0.2) is 0 Å². The average molecular weight is 328 g/mol. The lowest BCUT2D eigenvalue weighted by Crippen LogP contribution is -2.25. The molecule has 116 valence electrons. The number of nitrogens with two attached hydrogens (primary N) is 2. The van der Waals surface area contributed by atoms with Crippen LogP contribution in [-0.2, 0) is 0 Å². The summed E-state index contributed by atoms with van der Waals surface area (Å²) < 4.78 is 27.9. The number of hydrogen-bond donors (Lipinski definition) is 2. The van der Waals surface area contributed by atoms with Crippen LogP contribution in [-0.4, -0.2) is 0 Å². The van der Waals surface area contributed by atoms with Gasteiger partial charge in [-0.05, 0) is 25.4 Å². The molecule has 0 aliphatic heterocycles. The van der Waals surface area contributed by atoms with Crippen LogP contribution in [0.1, 0.15) is 0 Å². The Balaban J connectivity index is 2.27. The molecule has 23 heavy (non-hydrogen) atoms. The van der Waals surface area contributed by atoms with Crippen molar-refractivity contribution in [3.63, 3.8) is 0 Å². The van der Waals surface area contributed by atoms with Gasteiger partial charge in [0.2, 0.25) is 0 Å². The van der Waals surface area contributed by atoms with Gasteiger partial charge in [0, 0.05) is 10.6 Å². The van der Waals surface area contributed by atoms with Crippen LogP contribution < -0.4 is 27.4 Å². The Labute approximate surface area is 134 Å². The molecule has 0 aliphatic rings. The molecule has 0 radical (unpaired) electrons. The van der Waals surface area contributed by atoms with E-state index < -0.39 is 19.6 Å². The maximum absolute atomic E-state index is 13.9. The summed E-state index contributed by atoms with van der Waals surface area (Å²) in [7, 11) is -1.25. The van der Waals surface area contributed by atoms with Crippen molar-refractivity contribution in [3.8, 4) is 0 Å². The summed E-state index contributed by atoms with van der Waals surface area (Å²) in [6.07, 6.45) is 0. The zero-order valence-electron chi connectivity index (χ0n) is 12.2. The predicted octanol–water partition coefficient (Wildman–Crippen LogP) is 2.89. The molecule has 5 heteroatoms. The van der Waals surface area contributed by atoms with E-state index in [1.807, 2.05) is 30.3 Å². The van der Waals surface area contributed by atoms with E-state index in [1.165, 1.54) is 12.1 Å². The molecule has 3 rings (SSSR count). The highest BCUT2D eigenvalue weighted by Crippen LogP contribution is 2.37. The van der Waals surface area contributed by atoms with E-state index in [1.54, 1.807) is 24.3 Å². The normalized spacial score (nSPS) is 10.9.